The molecule has 0 radical (unpaired) electrons. The highest BCUT2D eigenvalue weighted by Gasteiger charge is 2.32. The average Bonchev–Trinajstić information content (AvgIpc) is 2.97. The number of ether oxygens (including phenoxy) is 2. The number of rotatable bonds is 2. The van der Waals surface area contributed by atoms with Crippen molar-refractivity contribution in [2.75, 3.05) is 13.7 Å². The Bertz CT molecular complexity index is 722. The molecule has 5 nitrogen and oxygen atoms in total. The second kappa shape index (κ2) is 6.53. The van der Waals surface area contributed by atoms with Crippen LogP contribution in [0.1, 0.15) is 37.4 Å². The molecule has 0 spiro atoms. The summed E-state index contributed by atoms with van der Waals surface area (Å²) >= 11 is 1.74. The molecular weight excluding hydrogens is 324 g/mol. The number of nitrogens with zero attached hydrogens (tertiary/aromatic N) is 2. The summed E-state index contributed by atoms with van der Waals surface area (Å²) in [5.74, 6) is 0. The summed E-state index contributed by atoms with van der Waals surface area (Å²) < 4.78 is 11.3. The van der Waals surface area contributed by atoms with Gasteiger partial charge in [-0.15, -0.1) is 11.3 Å². The van der Waals surface area contributed by atoms with Crippen LogP contribution in [-0.4, -0.2) is 35.2 Å². The Morgan fingerprint density at radius 3 is 2.92 bits per heavy atom. The summed E-state index contributed by atoms with van der Waals surface area (Å²) in [5.41, 5.74) is 1.59. The number of amides is 1. The quantitative estimate of drug-likeness (QED) is 0.816. The fourth-order valence-electron chi connectivity index (χ4n) is 2.60. The van der Waals surface area contributed by atoms with E-state index >= 15 is 0 Å². The summed E-state index contributed by atoms with van der Waals surface area (Å²) in [6.45, 7) is 6.17. The third-order valence-corrected chi connectivity index (χ3v) is 4.95. The molecule has 2 aromatic rings. The molecule has 0 saturated heterocycles. The van der Waals surface area contributed by atoms with E-state index < -0.39 is 11.8 Å². The predicted molar refractivity (Wildman–Crippen MR) is 93.9 cm³/mol. The Labute approximate surface area is 146 Å². The van der Waals surface area contributed by atoms with Crippen LogP contribution in [0.3, 0.4) is 0 Å². The first-order chi connectivity index (χ1) is 11.3. The molecule has 0 aromatic carbocycles. The third-order valence-electron chi connectivity index (χ3n) is 3.69. The number of carbonyl (C=O) groups is 1. The van der Waals surface area contributed by atoms with Gasteiger partial charge in [-0.05, 0) is 32.9 Å². The van der Waals surface area contributed by atoms with Gasteiger partial charge in [-0.25, -0.2) is 4.79 Å². The predicted octanol–water partition coefficient (Wildman–Crippen LogP) is 4.25. The Morgan fingerprint density at radius 1 is 1.46 bits per heavy atom. The maximum Gasteiger partial charge on any atom is 0.412 e. The van der Waals surface area contributed by atoms with E-state index in [0.717, 1.165) is 22.4 Å². The van der Waals surface area contributed by atoms with E-state index in [4.69, 9.17) is 9.47 Å². The molecule has 0 N–H and O–H groups in total. The lowest BCUT2D eigenvalue weighted by atomic mass is 10.1. The lowest BCUT2D eigenvalue weighted by Crippen LogP contribution is -2.39. The Kier molecular flexibility index (Phi) is 4.60. The lowest BCUT2D eigenvalue weighted by Gasteiger charge is -2.32. The zero-order valence-electron chi connectivity index (χ0n) is 14.4. The van der Waals surface area contributed by atoms with Gasteiger partial charge >= 0.3 is 6.09 Å². The van der Waals surface area contributed by atoms with E-state index in [2.05, 4.69) is 11.1 Å². The van der Waals surface area contributed by atoms with Crippen molar-refractivity contribution in [1.82, 2.24) is 9.88 Å². The van der Waals surface area contributed by atoms with Gasteiger partial charge in [0.05, 0.1) is 6.61 Å². The first kappa shape index (κ1) is 16.9. The molecular formula is C18H22N2O3S. The standard InChI is InChI=1S/C18H22N2O3S/c1-18(2,3)23-17(21)20(4)16-13-10-15(12-6-5-8-19-11-12)24-14(13)7-9-22-16/h5-6,8,10-11,16H,7,9H2,1-4H3/t16-/m0/s1. The maximum atomic E-state index is 12.4. The maximum absolute atomic E-state index is 12.4. The van der Waals surface area contributed by atoms with Crippen LogP contribution in [-0.2, 0) is 15.9 Å². The summed E-state index contributed by atoms with van der Waals surface area (Å²) in [7, 11) is 1.72. The van der Waals surface area contributed by atoms with Crippen molar-refractivity contribution in [3.05, 3.63) is 41.0 Å². The number of aromatic nitrogens is 1. The van der Waals surface area contributed by atoms with Gasteiger partial charge in [0.1, 0.15) is 5.60 Å². The van der Waals surface area contributed by atoms with Crippen molar-refractivity contribution in [3.8, 4) is 10.4 Å². The van der Waals surface area contributed by atoms with Gasteiger partial charge in [0.25, 0.3) is 0 Å². The number of pyridine rings is 1. The Balaban J connectivity index is 1.86. The monoisotopic (exact) mass is 346 g/mol. The molecule has 6 heteroatoms. The van der Waals surface area contributed by atoms with E-state index in [-0.39, 0.29) is 6.09 Å². The molecule has 1 aliphatic heterocycles. The highest BCUT2D eigenvalue weighted by Crippen LogP contribution is 2.39. The van der Waals surface area contributed by atoms with Crippen molar-refractivity contribution < 1.29 is 14.3 Å². The zero-order chi connectivity index (χ0) is 17.3. The molecule has 0 unspecified atom stereocenters. The number of fused-ring (bicyclic) bond motifs is 1. The number of thiophene rings is 1. The minimum absolute atomic E-state index is 0.380. The van der Waals surface area contributed by atoms with Gasteiger partial charge in [-0.2, -0.15) is 0 Å². The molecule has 0 bridgehead atoms. The first-order valence-electron chi connectivity index (χ1n) is 7.95. The number of hydrogen-bond donors (Lipinski definition) is 0. The highest BCUT2D eigenvalue weighted by atomic mass is 32.1. The minimum atomic E-state index is -0.529. The fraction of sp³-hybridized carbons (Fsp3) is 0.444. The van der Waals surface area contributed by atoms with Crippen molar-refractivity contribution in [3.63, 3.8) is 0 Å². The topological polar surface area (TPSA) is 51.7 Å². The van der Waals surface area contributed by atoms with Crippen LogP contribution >= 0.6 is 11.3 Å². The van der Waals surface area contributed by atoms with E-state index in [1.54, 1.807) is 24.6 Å². The summed E-state index contributed by atoms with van der Waals surface area (Å²) in [6, 6.07) is 6.06. The van der Waals surface area contributed by atoms with Crippen molar-refractivity contribution >= 4 is 17.4 Å². The van der Waals surface area contributed by atoms with E-state index in [1.807, 2.05) is 39.1 Å². The molecule has 0 fully saturated rings. The number of carbonyl (C=O) groups excluding carboxylic acids is 1. The van der Waals surface area contributed by atoms with Crippen LogP contribution in [0, 0.1) is 0 Å². The SMILES string of the molecule is CN(C(=O)OC(C)(C)C)[C@H]1OCCc2sc(-c3cccnc3)cc21. The lowest BCUT2D eigenvalue weighted by molar-refractivity contribution is -0.0655. The zero-order valence-corrected chi connectivity index (χ0v) is 15.2. The molecule has 2 aromatic heterocycles. The third kappa shape index (κ3) is 3.60. The molecule has 3 heterocycles. The average molecular weight is 346 g/mol. The van der Waals surface area contributed by atoms with Gasteiger partial charge in [0.2, 0.25) is 0 Å². The van der Waals surface area contributed by atoms with E-state index in [0.29, 0.717) is 6.61 Å². The van der Waals surface area contributed by atoms with Crippen LogP contribution in [0.5, 0.6) is 0 Å². The Morgan fingerprint density at radius 2 is 2.25 bits per heavy atom. The normalized spacial score (nSPS) is 17.2. The van der Waals surface area contributed by atoms with Crippen LogP contribution in [0.2, 0.25) is 0 Å². The van der Waals surface area contributed by atoms with Gasteiger partial charge < -0.3 is 9.47 Å². The van der Waals surface area contributed by atoms with E-state index in [1.165, 1.54) is 9.78 Å². The van der Waals surface area contributed by atoms with Crippen LogP contribution < -0.4 is 0 Å². The van der Waals surface area contributed by atoms with Gasteiger partial charge in [-0.1, -0.05) is 6.07 Å². The molecule has 24 heavy (non-hydrogen) atoms. The molecule has 1 amide bonds. The van der Waals surface area contributed by atoms with Crippen LogP contribution in [0.25, 0.3) is 10.4 Å². The molecule has 0 saturated carbocycles. The van der Waals surface area contributed by atoms with Crippen LogP contribution in [0.15, 0.2) is 30.6 Å². The van der Waals surface area contributed by atoms with Gasteiger partial charge in [0, 0.05) is 46.7 Å². The van der Waals surface area contributed by atoms with Crippen molar-refractivity contribution in [1.29, 1.82) is 0 Å². The van der Waals surface area contributed by atoms with Crippen molar-refractivity contribution in [2.24, 2.45) is 0 Å². The molecule has 128 valence electrons. The first-order valence-corrected chi connectivity index (χ1v) is 8.77. The second-order valence-electron chi connectivity index (χ2n) is 6.80. The smallest absolute Gasteiger partial charge is 0.412 e. The van der Waals surface area contributed by atoms with Crippen LogP contribution in [0.4, 0.5) is 4.79 Å². The highest BCUT2D eigenvalue weighted by molar-refractivity contribution is 7.15. The second-order valence-corrected chi connectivity index (χ2v) is 7.93. The van der Waals surface area contributed by atoms with E-state index in [9.17, 15) is 4.79 Å². The fourth-order valence-corrected chi connectivity index (χ4v) is 3.75. The largest absolute Gasteiger partial charge is 0.444 e. The van der Waals surface area contributed by atoms with Gasteiger partial charge in [0.15, 0.2) is 6.23 Å². The molecule has 3 rings (SSSR count). The summed E-state index contributed by atoms with van der Waals surface area (Å²) in [4.78, 5) is 20.5. The van der Waals surface area contributed by atoms with Gasteiger partial charge in [-0.3, -0.25) is 9.88 Å². The minimum Gasteiger partial charge on any atom is -0.444 e. The Hall–Kier alpha value is -1.92. The van der Waals surface area contributed by atoms with Crippen molar-refractivity contribution in [2.45, 2.75) is 39.0 Å². The molecule has 1 aliphatic rings. The molecule has 1 atom stereocenters. The molecule has 0 aliphatic carbocycles. The summed E-state index contributed by atoms with van der Waals surface area (Å²) in [5, 5.41) is 0. The summed E-state index contributed by atoms with van der Waals surface area (Å²) in [6.07, 6.45) is 3.68. The number of hydrogen-bond acceptors (Lipinski definition) is 5.